The van der Waals surface area contributed by atoms with Crippen molar-refractivity contribution in [1.82, 2.24) is 4.72 Å². The van der Waals surface area contributed by atoms with Gasteiger partial charge in [0.15, 0.2) is 0 Å². The van der Waals surface area contributed by atoms with Crippen LogP contribution < -0.4 is 9.62 Å². The van der Waals surface area contributed by atoms with Crippen molar-refractivity contribution in [1.29, 1.82) is 0 Å². The maximum atomic E-state index is 13.2. The van der Waals surface area contributed by atoms with E-state index in [9.17, 15) is 17.6 Å². The summed E-state index contributed by atoms with van der Waals surface area (Å²) in [5.74, 6) is -0.764. The average molecular weight is 362 g/mol. The first kappa shape index (κ1) is 17.6. The number of carbonyl (C=O) groups is 1. The van der Waals surface area contributed by atoms with Crippen molar-refractivity contribution in [3.63, 3.8) is 0 Å². The van der Waals surface area contributed by atoms with E-state index < -0.39 is 15.8 Å². The molecule has 25 heavy (non-hydrogen) atoms. The van der Waals surface area contributed by atoms with Crippen molar-refractivity contribution in [3.8, 4) is 0 Å². The quantitative estimate of drug-likeness (QED) is 0.889. The van der Waals surface area contributed by atoms with Gasteiger partial charge in [0.1, 0.15) is 5.82 Å². The van der Waals surface area contributed by atoms with E-state index in [1.54, 1.807) is 4.90 Å². The summed E-state index contributed by atoms with van der Waals surface area (Å²) < 4.78 is 40.2. The molecule has 1 N–H and O–H groups in total. The topological polar surface area (TPSA) is 66.5 Å². The minimum absolute atomic E-state index is 0.0289. The minimum Gasteiger partial charge on any atom is -0.312 e. The van der Waals surface area contributed by atoms with Crippen molar-refractivity contribution >= 4 is 21.6 Å². The molecule has 1 fully saturated rings. The van der Waals surface area contributed by atoms with E-state index in [1.165, 1.54) is 18.2 Å². The number of amides is 1. The summed E-state index contributed by atoms with van der Waals surface area (Å²) in [6, 6.07) is 12.5. The van der Waals surface area contributed by atoms with E-state index in [0.717, 1.165) is 17.3 Å². The molecule has 0 radical (unpaired) electrons. The second-order valence-electron chi connectivity index (χ2n) is 6.22. The number of anilines is 1. The van der Waals surface area contributed by atoms with Gasteiger partial charge in [-0.1, -0.05) is 23.8 Å². The molecule has 3 rings (SSSR count). The lowest BCUT2D eigenvalue weighted by atomic mass is 10.1. The van der Waals surface area contributed by atoms with E-state index in [2.05, 4.69) is 4.72 Å². The number of nitrogens with zero attached hydrogens (tertiary/aromatic N) is 1. The number of hydrogen-bond acceptors (Lipinski definition) is 3. The van der Waals surface area contributed by atoms with E-state index in [4.69, 9.17) is 0 Å². The maximum absolute atomic E-state index is 13.2. The summed E-state index contributed by atoms with van der Waals surface area (Å²) in [6.07, 6.45) is 0.277. The van der Waals surface area contributed by atoms with Gasteiger partial charge in [0.2, 0.25) is 15.9 Å². The van der Waals surface area contributed by atoms with Crippen LogP contribution in [0.2, 0.25) is 0 Å². The van der Waals surface area contributed by atoms with Crippen molar-refractivity contribution in [2.75, 3.05) is 18.0 Å². The highest BCUT2D eigenvalue weighted by Gasteiger charge is 2.31. The molecule has 0 aromatic heterocycles. The van der Waals surface area contributed by atoms with Gasteiger partial charge in [-0.05, 0) is 43.2 Å². The molecule has 1 amide bonds. The largest absolute Gasteiger partial charge is 0.312 e. The van der Waals surface area contributed by atoms with Crippen LogP contribution in [0.5, 0.6) is 0 Å². The molecule has 2 aromatic carbocycles. The molecule has 0 saturated carbocycles. The van der Waals surface area contributed by atoms with Crippen LogP contribution in [-0.2, 0) is 14.8 Å². The fraction of sp³-hybridized carbons (Fsp3) is 0.278. The Morgan fingerprint density at radius 2 is 1.92 bits per heavy atom. The Kier molecular flexibility index (Phi) is 4.87. The molecule has 7 heteroatoms. The third-order valence-corrected chi connectivity index (χ3v) is 5.64. The minimum atomic E-state index is -3.80. The number of hydrogen-bond donors (Lipinski definition) is 1. The normalized spacial score (nSPS) is 17.9. The molecule has 1 aliphatic heterocycles. The fourth-order valence-corrected chi connectivity index (χ4v) is 3.98. The lowest BCUT2D eigenvalue weighted by molar-refractivity contribution is -0.117. The van der Waals surface area contributed by atoms with Gasteiger partial charge in [0, 0.05) is 25.2 Å². The number of sulfonamides is 1. The maximum Gasteiger partial charge on any atom is 0.240 e. The second kappa shape index (κ2) is 6.93. The number of rotatable bonds is 5. The Morgan fingerprint density at radius 3 is 2.60 bits per heavy atom. The van der Waals surface area contributed by atoms with Gasteiger partial charge in [0.25, 0.3) is 0 Å². The Bertz CT molecular complexity index is 881. The van der Waals surface area contributed by atoms with Crippen LogP contribution >= 0.6 is 0 Å². The zero-order chi connectivity index (χ0) is 18.0. The van der Waals surface area contributed by atoms with Gasteiger partial charge in [0.05, 0.1) is 4.90 Å². The molecular formula is C18H19FN2O3S. The number of aryl methyl sites for hydroxylation is 1. The number of benzene rings is 2. The molecule has 1 atom stereocenters. The molecule has 0 aliphatic carbocycles. The zero-order valence-electron chi connectivity index (χ0n) is 13.8. The van der Waals surface area contributed by atoms with E-state index >= 15 is 0 Å². The molecule has 1 aliphatic rings. The first-order valence-corrected chi connectivity index (χ1v) is 9.46. The highest BCUT2D eigenvalue weighted by molar-refractivity contribution is 7.89. The summed E-state index contributed by atoms with van der Waals surface area (Å²) in [5.41, 5.74) is 1.92. The Labute approximate surface area is 146 Å². The molecular weight excluding hydrogens is 343 g/mol. The van der Waals surface area contributed by atoms with Crippen LogP contribution in [0.3, 0.4) is 0 Å². The van der Waals surface area contributed by atoms with Crippen LogP contribution in [0.25, 0.3) is 0 Å². The van der Waals surface area contributed by atoms with Gasteiger partial charge in [-0.25, -0.2) is 17.5 Å². The van der Waals surface area contributed by atoms with Gasteiger partial charge in [-0.3, -0.25) is 4.79 Å². The summed E-state index contributed by atoms with van der Waals surface area (Å²) in [7, 11) is -3.80. The summed E-state index contributed by atoms with van der Waals surface area (Å²) in [4.78, 5) is 13.8. The third kappa shape index (κ3) is 4.05. The first-order valence-electron chi connectivity index (χ1n) is 7.97. The van der Waals surface area contributed by atoms with Crippen LogP contribution in [0, 0.1) is 18.7 Å². The van der Waals surface area contributed by atoms with Crippen molar-refractivity contribution in [2.24, 2.45) is 5.92 Å². The Morgan fingerprint density at radius 1 is 1.20 bits per heavy atom. The summed E-state index contributed by atoms with van der Waals surface area (Å²) >= 11 is 0. The van der Waals surface area contributed by atoms with Crippen molar-refractivity contribution < 1.29 is 17.6 Å². The average Bonchev–Trinajstić information content (AvgIpc) is 2.95. The first-order chi connectivity index (χ1) is 11.8. The molecule has 0 unspecified atom stereocenters. The summed E-state index contributed by atoms with van der Waals surface area (Å²) in [5, 5.41) is 0. The van der Waals surface area contributed by atoms with Gasteiger partial charge >= 0.3 is 0 Å². The van der Waals surface area contributed by atoms with Crippen LogP contribution in [0.15, 0.2) is 53.4 Å². The highest BCUT2D eigenvalue weighted by atomic mass is 32.2. The molecule has 132 valence electrons. The molecule has 5 nitrogen and oxygen atoms in total. The lowest BCUT2D eigenvalue weighted by Gasteiger charge is -2.17. The van der Waals surface area contributed by atoms with Crippen LogP contribution in [0.1, 0.15) is 12.0 Å². The van der Waals surface area contributed by atoms with E-state index in [1.807, 2.05) is 31.2 Å². The molecule has 0 bridgehead atoms. The monoisotopic (exact) mass is 362 g/mol. The van der Waals surface area contributed by atoms with Crippen LogP contribution in [0.4, 0.5) is 10.1 Å². The molecule has 1 heterocycles. The van der Waals surface area contributed by atoms with E-state index in [0.29, 0.717) is 6.54 Å². The van der Waals surface area contributed by atoms with Crippen molar-refractivity contribution in [3.05, 3.63) is 59.9 Å². The molecule has 1 saturated heterocycles. The molecule has 2 aromatic rings. The standard InChI is InChI=1S/C18H19FN2O3S/c1-13-5-7-16(8-6-13)21-12-14(9-18(21)22)11-20-25(23,24)17-4-2-3-15(19)10-17/h2-8,10,14,20H,9,11-12H2,1H3/t14-/m0/s1. The molecule has 0 spiro atoms. The SMILES string of the molecule is Cc1ccc(N2C[C@H](CNS(=O)(=O)c3cccc(F)c3)CC2=O)cc1. The second-order valence-corrected chi connectivity index (χ2v) is 7.99. The lowest BCUT2D eigenvalue weighted by Crippen LogP contribution is -2.31. The third-order valence-electron chi connectivity index (χ3n) is 4.22. The smallest absolute Gasteiger partial charge is 0.240 e. The fourth-order valence-electron chi connectivity index (χ4n) is 2.84. The summed E-state index contributed by atoms with van der Waals surface area (Å²) in [6.45, 7) is 2.56. The Hall–Kier alpha value is -2.25. The van der Waals surface area contributed by atoms with Gasteiger partial charge in [-0.2, -0.15) is 0 Å². The highest BCUT2D eigenvalue weighted by Crippen LogP contribution is 2.25. The van der Waals surface area contributed by atoms with Crippen LogP contribution in [-0.4, -0.2) is 27.4 Å². The predicted molar refractivity (Wildman–Crippen MR) is 93.2 cm³/mol. The van der Waals surface area contributed by atoms with Gasteiger partial charge < -0.3 is 4.90 Å². The van der Waals surface area contributed by atoms with Crippen molar-refractivity contribution in [2.45, 2.75) is 18.2 Å². The van der Waals surface area contributed by atoms with Gasteiger partial charge in [-0.15, -0.1) is 0 Å². The predicted octanol–water partition coefficient (Wildman–Crippen LogP) is 2.47. The number of carbonyl (C=O) groups excluding carboxylic acids is 1. The zero-order valence-corrected chi connectivity index (χ0v) is 14.6. The van der Waals surface area contributed by atoms with E-state index in [-0.39, 0.29) is 29.7 Å². The number of halogens is 1. The Balaban J connectivity index is 1.65. The number of nitrogens with one attached hydrogen (secondary N) is 1.